The highest BCUT2D eigenvalue weighted by Crippen LogP contribution is 2.19. The molecule has 17 heavy (non-hydrogen) atoms. The van der Waals surface area contributed by atoms with Gasteiger partial charge in [-0.25, -0.2) is 8.78 Å². The molecule has 0 aliphatic carbocycles. The molecule has 0 spiro atoms. The van der Waals surface area contributed by atoms with Crippen LogP contribution in [-0.2, 0) is 10.5 Å². The van der Waals surface area contributed by atoms with Crippen LogP contribution in [0.5, 0.6) is 0 Å². The molecule has 0 aromatic heterocycles. The van der Waals surface area contributed by atoms with Crippen LogP contribution in [0.15, 0.2) is 18.2 Å². The Morgan fingerprint density at radius 1 is 1.41 bits per heavy atom. The van der Waals surface area contributed by atoms with Crippen LogP contribution >= 0.6 is 11.8 Å². The lowest BCUT2D eigenvalue weighted by molar-refractivity contribution is -0.138. The van der Waals surface area contributed by atoms with Gasteiger partial charge in [-0.05, 0) is 24.3 Å². The van der Waals surface area contributed by atoms with E-state index in [9.17, 15) is 13.6 Å². The first-order valence-corrected chi connectivity index (χ1v) is 6.17. The summed E-state index contributed by atoms with van der Waals surface area (Å²) in [5, 5.41) is 8.53. The van der Waals surface area contributed by atoms with Crippen molar-refractivity contribution in [3.63, 3.8) is 0 Å². The van der Waals surface area contributed by atoms with Crippen LogP contribution in [0.2, 0.25) is 0 Å². The predicted molar refractivity (Wildman–Crippen MR) is 62.7 cm³/mol. The van der Waals surface area contributed by atoms with Gasteiger partial charge in [0.15, 0.2) is 0 Å². The smallest absolute Gasteiger partial charge is 0.320 e. The number of hydrogen-bond donors (Lipinski definition) is 2. The normalized spacial score (nSPS) is 12.4. The van der Waals surface area contributed by atoms with Crippen molar-refractivity contribution in [3.8, 4) is 0 Å². The largest absolute Gasteiger partial charge is 0.480 e. The number of halogens is 2. The molecule has 0 radical (unpaired) electrons. The Labute approximate surface area is 102 Å². The Balaban J connectivity index is 2.39. The second-order valence-electron chi connectivity index (χ2n) is 3.49. The van der Waals surface area contributed by atoms with Gasteiger partial charge in [0.2, 0.25) is 0 Å². The number of hydrogen-bond acceptors (Lipinski definition) is 3. The van der Waals surface area contributed by atoms with Crippen molar-refractivity contribution in [2.24, 2.45) is 5.73 Å². The molecule has 1 aromatic rings. The van der Waals surface area contributed by atoms with Crippen molar-refractivity contribution in [3.05, 3.63) is 35.4 Å². The van der Waals surface area contributed by atoms with Gasteiger partial charge in [0, 0.05) is 11.3 Å². The van der Waals surface area contributed by atoms with Crippen LogP contribution in [0.25, 0.3) is 0 Å². The molecule has 1 atom stereocenters. The lowest BCUT2D eigenvalue weighted by Crippen LogP contribution is -2.30. The van der Waals surface area contributed by atoms with Gasteiger partial charge in [0.25, 0.3) is 0 Å². The van der Waals surface area contributed by atoms with Gasteiger partial charge in [0.05, 0.1) is 0 Å². The van der Waals surface area contributed by atoms with E-state index in [1.165, 1.54) is 30.0 Å². The van der Waals surface area contributed by atoms with Crippen LogP contribution in [0.4, 0.5) is 8.78 Å². The van der Waals surface area contributed by atoms with Gasteiger partial charge < -0.3 is 10.8 Å². The van der Waals surface area contributed by atoms with E-state index in [-0.39, 0.29) is 17.7 Å². The quantitative estimate of drug-likeness (QED) is 0.769. The number of rotatable bonds is 6. The third-order valence-corrected chi connectivity index (χ3v) is 3.22. The van der Waals surface area contributed by atoms with Crippen molar-refractivity contribution >= 4 is 17.7 Å². The maximum Gasteiger partial charge on any atom is 0.320 e. The summed E-state index contributed by atoms with van der Waals surface area (Å²) in [6.45, 7) is 0. The molecule has 3 N–H and O–H groups in total. The highest BCUT2D eigenvalue weighted by molar-refractivity contribution is 7.98. The summed E-state index contributed by atoms with van der Waals surface area (Å²) in [5.74, 6) is -1.62. The van der Waals surface area contributed by atoms with Crippen LogP contribution < -0.4 is 5.73 Å². The van der Waals surface area contributed by atoms with Crippen LogP contribution in [0.1, 0.15) is 12.0 Å². The van der Waals surface area contributed by atoms with Crippen molar-refractivity contribution in [1.29, 1.82) is 0 Å². The first-order chi connectivity index (χ1) is 8.02. The number of nitrogens with two attached hydrogens (primary N) is 1. The highest BCUT2D eigenvalue weighted by Gasteiger charge is 2.12. The summed E-state index contributed by atoms with van der Waals surface area (Å²) in [6.07, 6.45) is 0.274. The molecule has 6 heteroatoms. The molecule has 0 fully saturated rings. The molecule has 1 aromatic carbocycles. The first kappa shape index (κ1) is 13.9. The number of carboxylic acids is 1. The van der Waals surface area contributed by atoms with E-state index in [1.54, 1.807) is 0 Å². The highest BCUT2D eigenvalue weighted by atomic mass is 32.2. The molecule has 0 saturated carbocycles. The summed E-state index contributed by atoms with van der Waals surface area (Å²) in [4.78, 5) is 10.4. The number of thioether (sulfide) groups is 1. The second-order valence-corrected chi connectivity index (χ2v) is 4.59. The Morgan fingerprint density at radius 2 is 2.00 bits per heavy atom. The summed E-state index contributed by atoms with van der Waals surface area (Å²) in [5.41, 5.74) is 5.31. The minimum atomic E-state index is -1.07. The molecule has 0 saturated heterocycles. The molecule has 0 aliphatic rings. The number of carbonyl (C=O) groups is 1. The summed E-state index contributed by atoms with van der Waals surface area (Å²) in [7, 11) is 0. The van der Waals surface area contributed by atoms with Crippen molar-refractivity contribution in [1.82, 2.24) is 0 Å². The van der Waals surface area contributed by atoms with E-state index in [0.717, 1.165) is 0 Å². The van der Waals surface area contributed by atoms with Crippen LogP contribution in [-0.4, -0.2) is 22.9 Å². The second kappa shape index (κ2) is 6.56. The Bertz CT molecular complexity index is 381. The third-order valence-electron chi connectivity index (χ3n) is 2.20. The van der Waals surface area contributed by atoms with Crippen molar-refractivity contribution in [2.45, 2.75) is 18.2 Å². The number of benzene rings is 1. The number of carboxylic acid groups (broad SMARTS) is 1. The average molecular weight is 261 g/mol. The molecule has 0 bridgehead atoms. The standard InChI is InChI=1S/C11H13F2NO2S/c12-8-2-1-3-9(13)7(8)6-17-5-4-10(14)11(15)16/h1-3,10H,4-6,14H2,(H,15,16). The minimum absolute atomic E-state index is 0.0152. The van der Waals surface area contributed by atoms with Gasteiger partial charge >= 0.3 is 5.97 Å². The van der Waals surface area contributed by atoms with E-state index in [1.807, 2.05) is 0 Å². The van der Waals surface area contributed by atoms with Crippen molar-refractivity contribution < 1.29 is 18.7 Å². The fourth-order valence-corrected chi connectivity index (χ4v) is 2.22. The molecule has 1 rings (SSSR count). The third kappa shape index (κ3) is 4.32. The van der Waals surface area contributed by atoms with Crippen LogP contribution in [0, 0.1) is 11.6 Å². The van der Waals surface area contributed by atoms with Gasteiger partial charge in [-0.3, -0.25) is 4.79 Å². The molecular weight excluding hydrogens is 248 g/mol. The lowest BCUT2D eigenvalue weighted by atomic mass is 10.2. The fourth-order valence-electron chi connectivity index (χ4n) is 1.18. The fraction of sp³-hybridized carbons (Fsp3) is 0.364. The SMILES string of the molecule is NC(CCSCc1c(F)cccc1F)C(=O)O. The summed E-state index contributed by atoms with van der Waals surface area (Å²) < 4.78 is 26.4. The zero-order valence-corrected chi connectivity index (χ0v) is 9.84. The summed E-state index contributed by atoms with van der Waals surface area (Å²) in [6, 6.07) is 2.77. The Hall–Kier alpha value is -1.14. The van der Waals surface area contributed by atoms with Gasteiger partial charge in [-0.2, -0.15) is 11.8 Å². The molecule has 3 nitrogen and oxygen atoms in total. The monoisotopic (exact) mass is 261 g/mol. The van der Waals surface area contributed by atoms with E-state index in [2.05, 4.69) is 0 Å². The van der Waals surface area contributed by atoms with Crippen LogP contribution in [0.3, 0.4) is 0 Å². The Morgan fingerprint density at radius 3 is 2.53 bits per heavy atom. The molecule has 0 aliphatic heterocycles. The average Bonchev–Trinajstić information content (AvgIpc) is 2.27. The van der Waals surface area contributed by atoms with Gasteiger partial charge in [0.1, 0.15) is 17.7 Å². The van der Waals surface area contributed by atoms with Crippen molar-refractivity contribution in [2.75, 3.05) is 5.75 Å². The molecule has 1 unspecified atom stereocenters. The maximum absolute atomic E-state index is 13.2. The lowest BCUT2D eigenvalue weighted by Gasteiger charge is -2.07. The zero-order valence-electron chi connectivity index (χ0n) is 9.03. The van der Waals surface area contributed by atoms with Gasteiger partial charge in [-0.15, -0.1) is 0 Å². The topological polar surface area (TPSA) is 63.3 Å². The first-order valence-electron chi connectivity index (χ1n) is 5.01. The molecule has 0 amide bonds. The Kier molecular flexibility index (Phi) is 5.37. The molecule has 0 heterocycles. The van der Waals surface area contributed by atoms with Gasteiger partial charge in [-0.1, -0.05) is 6.07 Å². The molecule has 94 valence electrons. The number of aliphatic carboxylic acids is 1. The van der Waals surface area contributed by atoms with E-state index >= 15 is 0 Å². The summed E-state index contributed by atoms with van der Waals surface area (Å²) >= 11 is 1.26. The van der Waals surface area contributed by atoms with E-state index in [0.29, 0.717) is 5.75 Å². The zero-order chi connectivity index (χ0) is 12.8. The maximum atomic E-state index is 13.2. The van der Waals surface area contributed by atoms with E-state index < -0.39 is 23.6 Å². The van der Waals surface area contributed by atoms with E-state index in [4.69, 9.17) is 10.8 Å². The minimum Gasteiger partial charge on any atom is -0.480 e. The predicted octanol–water partition coefficient (Wildman–Crippen LogP) is 2.00. The molecular formula is C11H13F2NO2S.